The number of fused-ring (bicyclic) bond motifs is 1. The number of hydrogen-bond acceptors (Lipinski definition) is 5. The van der Waals surface area contributed by atoms with E-state index in [0.29, 0.717) is 28.0 Å². The molecule has 0 aliphatic carbocycles. The van der Waals surface area contributed by atoms with Gasteiger partial charge in [0.25, 0.3) is 5.56 Å². The Balaban J connectivity index is 2.53. The molecule has 2 aromatic rings. The number of carboxylic acids is 2. The van der Waals surface area contributed by atoms with Crippen LogP contribution in [0.3, 0.4) is 0 Å². The first-order valence-corrected chi connectivity index (χ1v) is 7.10. The summed E-state index contributed by atoms with van der Waals surface area (Å²) in [5.41, 5.74) is 0.0936. The van der Waals surface area contributed by atoms with Crippen LogP contribution in [0.1, 0.15) is 33.9 Å². The monoisotopic (exact) mass is 310 g/mol. The lowest BCUT2D eigenvalue weighted by Crippen LogP contribution is -2.24. The van der Waals surface area contributed by atoms with Crippen molar-refractivity contribution in [2.45, 2.75) is 33.2 Å². The number of thiophene rings is 1. The van der Waals surface area contributed by atoms with E-state index in [1.165, 1.54) is 4.57 Å². The molecule has 0 spiro atoms. The number of carbonyl (C=O) groups is 2. The first-order valence-electron chi connectivity index (χ1n) is 6.28. The molecule has 0 bridgehead atoms. The average molecular weight is 310 g/mol. The number of rotatable bonds is 5. The van der Waals surface area contributed by atoms with E-state index >= 15 is 0 Å². The van der Waals surface area contributed by atoms with E-state index in [4.69, 9.17) is 10.2 Å². The predicted molar refractivity (Wildman–Crippen MR) is 77.2 cm³/mol. The molecule has 0 saturated carbocycles. The Hall–Kier alpha value is -2.22. The third kappa shape index (κ3) is 2.80. The molecule has 0 amide bonds. The topological polar surface area (TPSA) is 109 Å². The zero-order chi connectivity index (χ0) is 15.7. The first-order chi connectivity index (χ1) is 9.82. The molecule has 0 unspecified atom stereocenters. The van der Waals surface area contributed by atoms with Crippen molar-refractivity contribution in [3.8, 4) is 0 Å². The third-order valence-electron chi connectivity index (χ3n) is 3.21. The van der Waals surface area contributed by atoms with Gasteiger partial charge in [0, 0.05) is 13.0 Å². The van der Waals surface area contributed by atoms with Gasteiger partial charge in [0.15, 0.2) is 0 Å². The minimum Gasteiger partial charge on any atom is -0.481 e. The van der Waals surface area contributed by atoms with Crippen LogP contribution in [-0.2, 0) is 11.3 Å². The molecule has 0 aliphatic rings. The summed E-state index contributed by atoms with van der Waals surface area (Å²) in [6.45, 7) is 3.48. The standard InChI is InChI=1S/C13H14N2O5S/c1-6-9-11(21-10(6)13(19)20)14-7(2)15(12(9)18)5-3-4-8(16)17/h3-5H2,1-2H3,(H,16,17)(H,19,20). The van der Waals surface area contributed by atoms with Crippen molar-refractivity contribution in [2.75, 3.05) is 0 Å². The van der Waals surface area contributed by atoms with E-state index in [-0.39, 0.29) is 23.4 Å². The molecule has 0 aromatic carbocycles. The van der Waals surface area contributed by atoms with Crippen LogP contribution in [0.2, 0.25) is 0 Å². The van der Waals surface area contributed by atoms with Crippen LogP contribution >= 0.6 is 11.3 Å². The molecule has 0 aliphatic heterocycles. The summed E-state index contributed by atoms with van der Waals surface area (Å²) in [6, 6.07) is 0. The smallest absolute Gasteiger partial charge is 0.346 e. The summed E-state index contributed by atoms with van der Waals surface area (Å²) < 4.78 is 1.40. The lowest BCUT2D eigenvalue weighted by atomic mass is 10.2. The van der Waals surface area contributed by atoms with Gasteiger partial charge in [-0.05, 0) is 25.8 Å². The summed E-state index contributed by atoms with van der Waals surface area (Å²) >= 11 is 0.980. The molecule has 2 aromatic heterocycles. The Morgan fingerprint density at radius 2 is 1.95 bits per heavy atom. The molecule has 7 nitrogen and oxygen atoms in total. The summed E-state index contributed by atoms with van der Waals surface area (Å²) in [7, 11) is 0. The highest BCUT2D eigenvalue weighted by Gasteiger charge is 2.19. The maximum Gasteiger partial charge on any atom is 0.346 e. The van der Waals surface area contributed by atoms with Gasteiger partial charge in [-0.3, -0.25) is 14.2 Å². The van der Waals surface area contributed by atoms with Crippen LogP contribution in [0.5, 0.6) is 0 Å². The van der Waals surface area contributed by atoms with Crippen molar-refractivity contribution >= 4 is 33.5 Å². The maximum absolute atomic E-state index is 12.5. The lowest BCUT2D eigenvalue weighted by Gasteiger charge is -2.08. The molecular formula is C13H14N2O5S. The number of carboxylic acid groups (broad SMARTS) is 2. The number of aromatic carboxylic acids is 1. The Labute approximate surface area is 123 Å². The van der Waals surface area contributed by atoms with Gasteiger partial charge >= 0.3 is 11.9 Å². The zero-order valence-electron chi connectivity index (χ0n) is 11.5. The largest absolute Gasteiger partial charge is 0.481 e. The van der Waals surface area contributed by atoms with Crippen molar-refractivity contribution < 1.29 is 19.8 Å². The van der Waals surface area contributed by atoms with E-state index in [0.717, 1.165) is 11.3 Å². The minimum atomic E-state index is -1.08. The molecular weight excluding hydrogens is 296 g/mol. The second-order valence-corrected chi connectivity index (χ2v) is 5.65. The summed E-state index contributed by atoms with van der Waals surface area (Å²) in [5.74, 6) is -1.55. The van der Waals surface area contributed by atoms with Crippen molar-refractivity contribution in [1.29, 1.82) is 0 Å². The molecule has 0 radical (unpaired) electrons. The molecule has 0 saturated heterocycles. The number of hydrogen-bond donors (Lipinski definition) is 2. The second-order valence-electron chi connectivity index (χ2n) is 4.65. The van der Waals surface area contributed by atoms with Crippen LogP contribution in [0.15, 0.2) is 4.79 Å². The fourth-order valence-electron chi connectivity index (χ4n) is 2.17. The molecule has 2 N–H and O–H groups in total. The zero-order valence-corrected chi connectivity index (χ0v) is 12.4. The fraction of sp³-hybridized carbons (Fsp3) is 0.385. The third-order valence-corrected chi connectivity index (χ3v) is 4.38. The molecule has 2 rings (SSSR count). The van der Waals surface area contributed by atoms with Crippen LogP contribution in [0, 0.1) is 13.8 Å². The SMILES string of the molecule is Cc1c(C(=O)O)sc2nc(C)n(CCCC(=O)O)c(=O)c12. The minimum absolute atomic E-state index is 0.0348. The van der Waals surface area contributed by atoms with Crippen molar-refractivity contribution in [2.24, 2.45) is 0 Å². The molecule has 21 heavy (non-hydrogen) atoms. The summed E-state index contributed by atoms with van der Waals surface area (Å²) in [6.07, 6.45) is 0.283. The van der Waals surface area contributed by atoms with Crippen LogP contribution in [0.4, 0.5) is 0 Å². The number of aromatic nitrogens is 2. The van der Waals surface area contributed by atoms with Gasteiger partial charge in [0.1, 0.15) is 15.5 Å². The van der Waals surface area contributed by atoms with Gasteiger partial charge in [0.05, 0.1) is 5.39 Å². The van der Waals surface area contributed by atoms with E-state index < -0.39 is 11.9 Å². The molecule has 0 atom stereocenters. The normalized spacial score (nSPS) is 11.0. The van der Waals surface area contributed by atoms with E-state index in [1.807, 2.05) is 0 Å². The second kappa shape index (κ2) is 5.65. The van der Waals surface area contributed by atoms with E-state index in [1.54, 1.807) is 13.8 Å². The van der Waals surface area contributed by atoms with Crippen LogP contribution < -0.4 is 5.56 Å². The Morgan fingerprint density at radius 3 is 2.52 bits per heavy atom. The van der Waals surface area contributed by atoms with Gasteiger partial charge < -0.3 is 10.2 Å². The summed E-state index contributed by atoms with van der Waals surface area (Å²) in [5, 5.41) is 18.1. The van der Waals surface area contributed by atoms with Gasteiger partial charge in [-0.1, -0.05) is 0 Å². The first kappa shape index (κ1) is 15.2. The van der Waals surface area contributed by atoms with Crippen molar-refractivity contribution in [1.82, 2.24) is 9.55 Å². The van der Waals surface area contributed by atoms with Crippen LogP contribution in [0.25, 0.3) is 10.2 Å². The van der Waals surface area contributed by atoms with Gasteiger partial charge in [-0.2, -0.15) is 0 Å². The van der Waals surface area contributed by atoms with Crippen LogP contribution in [-0.4, -0.2) is 31.7 Å². The van der Waals surface area contributed by atoms with Gasteiger partial charge in [-0.25, -0.2) is 9.78 Å². The van der Waals surface area contributed by atoms with Crippen molar-refractivity contribution in [3.05, 3.63) is 26.6 Å². The quantitative estimate of drug-likeness (QED) is 0.868. The maximum atomic E-state index is 12.5. The number of nitrogens with zero attached hydrogens (tertiary/aromatic N) is 2. The number of aliphatic carboxylic acids is 1. The van der Waals surface area contributed by atoms with Gasteiger partial charge in [0.2, 0.25) is 0 Å². The van der Waals surface area contributed by atoms with Crippen molar-refractivity contribution in [3.63, 3.8) is 0 Å². The molecule has 112 valence electrons. The molecule has 2 heterocycles. The highest BCUT2D eigenvalue weighted by molar-refractivity contribution is 7.20. The Morgan fingerprint density at radius 1 is 1.29 bits per heavy atom. The lowest BCUT2D eigenvalue weighted by molar-refractivity contribution is -0.137. The summed E-state index contributed by atoms with van der Waals surface area (Å²) in [4.78, 5) is 38.9. The fourth-order valence-corrected chi connectivity index (χ4v) is 3.23. The van der Waals surface area contributed by atoms with E-state index in [9.17, 15) is 14.4 Å². The van der Waals surface area contributed by atoms with Gasteiger partial charge in [-0.15, -0.1) is 11.3 Å². The molecule has 0 fully saturated rings. The number of aryl methyl sites for hydroxylation is 2. The Kier molecular flexibility index (Phi) is 4.08. The average Bonchev–Trinajstić information content (AvgIpc) is 2.70. The predicted octanol–water partition coefficient (Wildman–Crippen LogP) is 1.64. The molecule has 8 heteroatoms. The van der Waals surface area contributed by atoms with E-state index in [2.05, 4.69) is 4.98 Å². The highest BCUT2D eigenvalue weighted by atomic mass is 32.1. The highest BCUT2D eigenvalue weighted by Crippen LogP contribution is 2.27. The Bertz CT molecular complexity index is 790.